The third kappa shape index (κ3) is 4.64. The highest BCUT2D eigenvalue weighted by atomic mass is 16.6. The van der Waals surface area contributed by atoms with Gasteiger partial charge in [-0.2, -0.15) is 0 Å². The van der Waals surface area contributed by atoms with Gasteiger partial charge in [0.1, 0.15) is 5.52 Å². The van der Waals surface area contributed by atoms with E-state index in [2.05, 4.69) is 42.9 Å². The standard InChI is InChI=1S/C26H23N3O3/c1-26(2,3)20-12-10-19(11-13-20)25-28-22-17-21(14-15-24(22)32-25)27-16-6-8-18-7-4-5-9-23(18)29(30)31/h4-17H,1-3H3/b8-6+,27-16?. The minimum atomic E-state index is -0.399. The number of fused-ring (bicyclic) bond motifs is 1. The van der Waals surface area contributed by atoms with E-state index in [1.54, 1.807) is 36.6 Å². The largest absolute Gasteiger partial charge is 0.436 e. The fourth-order valence-electron chi connectivity index (χ4n) is 3.30. The zero-order chi connectivity index (χ0) is 22.7. The minimum absolute atomic E-state index is 0.0595. The average molecular weight is 425 g/mol. The SMILES string of the molecule is CC(C)(C)c1ccc(-c2nc3cc(N=C/C=C/c4ccccc4[N+](=O)[O-])ccc3o2)cc1. The smallest absolute Gasteiger partial charge is 0.276 e. The number of nitrogens with zero attached hydrogens (tertiary/aromatic N) is 3. The lowest BCUT2D eigenvalue weighted by Gasteiger charge is -2.18. The van der Waals surface area contributed by atoms with Crippen LogP contribution in [-0.2, 0) is 5.41 Å². The Bertz CT molecular complexity index is 1330. The lowest BCUT2D eigenvalue weighted by molar-refractivity contribution is -0.385. The summed E-state index contributed by atoms with van der Waals surface area (Å²) in [6, 6.07) is 20.4. The maximum Gasteiger partial charge on any atom is 0.276 e. The third-order valence-electron chi connectivity index (χ3n) is 5.09. The monoisotopic (exact) mass is 425 g/mol. The van der Waals surface area contributed by atoms with E-state index >= 15 is 0 Å². The van der Waals surface area contributed by atoms with Crippen LogP contribution in [0, 0.1) is 10.1 Å². The van der Waals surface area contributed by atoms with E-state index in [1.807, 2.05) is 30.3 Å². The van der Waals surface area contributed by atoms with Crippen molar-refractivity contribution in [3.63, 3.8) is 0 Å². The summed E-state index contributed by atoms with van der Waals surface area (Å²) in [5, 5.41) is 11.1. The number of allylic oxidation sites excluding steroid dienone is 1. The number of nitro groups is 1. The van der Waals surface area contributed by atoms with Crippen molar-refractivity contribution in [3.05, 3.63) is 94.0 Å². The zero-order valence-electron chi connectivity index (χ0n) is 18.1. The molecule has 0 aliphatic rings. The second-order valence-electron chi connectivity index (χ2n) is 8.45. The Kier molecular flexibility index (Phi) is 5.69. The van der Waals surface area contributed by atoms with Crippen LogP contribution < -0.4 is 0 Å². The van der Waals surface area contributed by atoms with E-state index in [0.29, 0.717) is 22.7 Å². The molecule has 0 aliphatic heterocycles. The molecular formula is C26H23N3O3. The number of nitro benzene ring substituents is 1. The molecule has 0 aliphatic carbocycles. The Morgan fingerprint density at radius 3 is 2.50 bits per heavy atom. The molecule has 0 unspecified atom stereocenters. The molecule has 0 spiro atoms. The van der Waals surface area contributed by atoms with Gasteiger partial charge >= 0.3 is 0 Å². The Balaban J connectivity index is 1.53. The second-order valence-corrected chi connectivity index (χ2v) is 8.45. The van der Waals surface area contributed by atoms with Gasteiger partial charge in [-0.25, -0.2) is 4.98 Å². The summed E-state index contributed by atoms with van der Waals surface area (Å²) in [6.45, 7) is 6.54. The van der Waals surface area contributed by atoms with Gasteiger partial charge in [-0.15, -0.1) is 0 Å². The lowest BCUT2D eigenvalue weighted by atomic mass is 9.87. The topological polar surface area (TPSA) is 81.5 Å². The number of benzene rings is 3. The fourth-order valence-corrected chi connectivity index (χ4v) is 3.30. The van der Waals surface area contributed by atoms with Gasteiger partial charge in [0.15, 0.2) is 5.58 Å². The van der Waals surface area contributed by atoms with Crippen LogP contribution in [0.2, 0.25) is 0 Å². The molecule has 160 valence electrons. The van der Waals surface area contributed by atoms with Crippen LogP contribution in [0.5, 0.6) is 0 Å². The summed E-state index contributed by atoms with van der Waals surface area (Å²) in [7, 11) is 0. The molecule has 0 radical (unpaired) electrons. The summed E-state index contributed by atoms with van der Waals surface area (Å²) in [4.78, 5) is 19.7. The molecule has 1 aromatic heterocycles. The molecule has 0 saturated carbocycles. The average Bonchev–Trinajstić information content (AvgIpc) is 3.20. The van der Waals surface area contributed by atoms with Gasteiger partial charge in [0.05, 0.1) is 16.2 Å². The van der Waals surface area contributed by atoms with Crippen LogP contribution >= 0.6 is 0 Å². The molecule has 0 fully saturated rings. The molecule has 32 heavy (non-hydrogen) atoms. The highest BCUT2D eigenvalue weighted by Gasteiger charge is 2.15. The lowest BCUT2D eigenvalue weighted by Crippen LogP contribution is -2.10. The predicted molar refractivity (Wildman–Crippen MR) is 128 cm³/mol. The van der Waals surface area contributed by atoms with Gasteiger partial charge in [0, 0.05) is 17.8 Å². The number of oxazole rings is 1. The highest BCUT2D eigenvalue weighted by molar-refractivity contribution is 5.84. The number of hydrogen-bond donors (Lipinski definition) is 0. The summed E-state index contributed by atoms with van der Waals surface area (Å²) in [6.07, 6.45) is 4.94. The quantitative estimate of drug-likeness (QED) is 0.194. The first-order valence-corrected chi connectivity index (χ1v) is 10.3. The van der Waals surface area contributed by atoms with Gasteiger partial charge < -0.3 is 4.42 Å². The Morgan fingerprint density at radius 2 is 1.78 bits per heavy atom. The molecule has 0 amide bonds. The van der Waals surface area contributed by atoms with E-state index in [9.17, 15) is 10.1 Å². The first kappa shape index (κ1) is 21.2. The molecule has 3 aromatic carbocycles. The first-order chi connectivity index (χ1) is 15.3. The van der Waals surface area contributed by atoms with E-state index in [-0.39, 0.29) is 11.1 Å². The van der Waals surface area contributed by atoms with Crippen molar-refractivity contribution in [1.29, 1.82) is 0 Å². The van der Waals surface area contributed by atoms with Crippen LogP contribution in [0.15, 0.2) is 82.2 Å². The van der Waals surface area contributed by atoms with Crippen molar-refractivity contribution in [2.75, 3.05) is 0 Å². The van der Waals surface area contributed by atoms with Crippen LogP contribution in [0.25, 0.3) is 28.6 Å². The number of aliphatic imine (C=N–C) groups is 1. The van der Waals surface area contributed by atoms with Gasteiger partial charge in [-0.1, -0.05) is 45.0 Å². The number of para-hydroxylation sites is 1. The predicted octanol–water partition coefficient (Wildman–Crippen LogP) is 7.12. The van der Waals surface area contributed by atoms with Crippen molar-refractivity contribution in [2.24, 2.45) is 4.99 Å². The van der Waals surface area contributed by atoms with E-state index in [4.69, 9.17) is 4.42 Å². The maximum absolute atomic E-state index is 11.1. The number of aromatic nitrogens is 1. The first-order valence-electron chi connectivity index (χ1n) is 10.3. The maximum atomic E-state index is 11.1. The van der Waals surface area contributed by atoms with Gasteiger partial charge in [-0.05, 0) is 59.5 Å². The number of hydrogen-bond acceptors (Lipinski definition) is 5. The summed E-state index contributed by atoms with van der Waals surface area (Å²) in [5.41, 5.74) is 4.98. The fraction of sp³-hybridized carbons (Fsp3) is 0.154. The van der Waals surface area contributed by atoms with Crippen LogP contribution in [0.3, 0.4) is 0 Å². The van der Waals surface area contributed by atoms with Crippen LogP contribution in [0.4, 0.5) is 11.4 Å². The molecule has 6 nitrogen and oxygen atoms in total. The Labute approximate surface area is 186 Å². The van der Waals surface area contributed by atoms with Crippen molar-refractivity contribution in [1.82, 2.24) is 4.98 Å². The number of rotatable bonds is 5. The second kappa shape index (κ2) is 8.59. The molecule has 0 N–H and O–H groups in total. The van der Waals surface area contributed by atoms with Crippen molar-refractivity contribution < 1.29 is 9.34 Å². The molecular weight excluding hydrogens is 402 g/mol. The van der Waals surface area contributed by atoms with E-state index < -0.39 is 4.92 Å². The molecule has 0 atom stereocenters. The minimum Gasteiger partial charge on any atom is -0.436 e. The third-order valence-corrected chi connectivity index (χ3v) is 5.09. The van der Waals surface area contributed by atoms with E-state index in [1.165, 1.54) is 11.6 Å². The Morgan fingerprint density at radius 1 is 1.03 bits per heavy atom. The Hall–Kier alpha value is -4.06. The van der Waals surface area contributed by atoms with Crippen molar-refractivity contribution in [3.8, 4) is 11.5 Å². The molecule has 4 aromatic rings. The molecule has 0 bridgehead atoms. The molecule has 4 rings (SSSR count). The molecule has 1 heterocycles. The summed E-state index contributed by atoms with van der Waals surface area (Å²) >= 11 is 0. The summed E-state index contributed by atoms with van der Waals surface area (Å²) < 4.78 is 5.91. The van der Waals surface area contributed by atoms with Gasteiger partial charge in [-0.3, -0.25) is 15.1 Å². The molecule has 6 heteroatoms. The van der Waals surface area contributed by atoms with Crippen molar-refractivity contribution in [2.45, 2.75) is 26.2 Å². The van der Waals surface area contributed by atoms with E-state index in [0.717, 1.165) is 11.1 Å². The zero-order valence-corrected chi connectivity index (χ0v) is 18.1. The normalized spacial score (nSPS) is 12.2. The highest BCUT2D eigenvalue weighted by Crippen LogP contribution is 2.29. The summed E-state index contributed by atoms with van der Waals surface area (Å²) in [5.74, 6) is 0.567. The molecule has 0 saturated heterocycles. The van der Waals surface area contributed by atoms with Crippen LogP contribution in [-0.4, -0.2) is 16.1 Å². The van der Waals surface area contributed by atoms with Gasteiger partial charge in [0.2, 0.25) is 5.89 Å². The van der Waals surface area contributed by atoms with Crippen molar-refractivity contribution >= 4 is 34.8 Å². The van der Waals surface area contributed by atoms with Gasteiger partial charge in [0.25, 0.3) is 5.69 Å². The van der Waals surface area contributed by atoms with Crippen LogP contribution in [0.1, 0.15) is 31.9 Å².